The largest absolute Gasteiger partial charge is 0.409 e. The number of hydrogen-bond donors (Lipinski definition) is 1. The average molecular weight is 581 g/mol. The second kappa shape index (κ2) is 13.4. The van der Waals surface area contributed by atoms with E-state index in [-0.39, 0.29) is 35.0 Å². The molecular weight excluding hydrogens is 528 g/mol. The first-order valence-electron chi connectivity index (χ1n) is 13.9. The minimum Gasteiger partial charge on any atom is -0.409 e. The van der Waals surface area contributed by atoms with E-state index in [0.717, 1.165) is 5.56 Å². The van der Waals surface area contributed by atoms with Crippen LogP contribution in [-0.2, 0) is 34.5 Å². The van der Waals surface area contributed by atoms with E-state index >= 15 is 0 Å². The molecule has 0 spiro atoms. The molecule has 2 rings (SSSR count). The van der Waals surface area contributed by atoms with Crippen molar-refractivity contribution in [3.63, 3.8) is 0 Å². The molecule has 8 nitrogen and oxygen atoms in total. The van der Waals surface area contributed by atoms with Gasteiger partial charge in [-0.25, -0.2) is 0 Å². The van der Waals surface area contributed by atoms with Crippen molar-refractivity contribution in [1.82, 2.24) is 10.2 Å². The number of rotatable bonds is 12. The van der Waals surface area contributed by atoms with Gasteiger partial charge in [-0.1, -0.05) is 71.9 Å². The lowest BCUT2D eigenvalue weighted by molar-refractivity contribution is -0.144. The quantitative estimate of drug-likeness (QED) is 0.278. The van der Waals surface area contributed by atoms with Crippen molar-refractivity contribution in [3.05, 3.63) is 35.9 Å². The summed E-state index contributed by atoms with van der Waals surface area (Å²) in [5.41, 5.74) is 0.987. The van der Waals surface area contributed by atoms with Crippen molar-refractivity contribution in [2.24, 2.45) is 0 Å². The van der Waals surface area contributed by atoms with Crippen LogP contribution in [0.3, 0.4) is 0 Å². The van der Waals surface area contributed by atoms with Crippen molar-refractivity contribution in [2.45, 2.75) is 103 Å². The maximum absolute atomic E-state index is 13.9. The molecule has 1 fully saturated rings. The monoisotopic (exact) mass is 580 g/mol. The molecule has 1 aromatic rings. The molecule has 0 saturated carbocycles. The fourth-order valence-electron chi connectivity index (χ4n) is 3.93. The molecule has 0 aliphatic carbocycles. The molecule has 2 amide bonds. The topological polar surface area (TPSA) is 86.3 Å². The molecule has 0 bridgehead atoms. The highest BCUT2D eigenvalue weighted by Gasteiger charge is 2.54. The molecule has 1 aliphatic rings. The molecule has 0 aromatic heterocycles. The molecule has 10 heteroatoms. The van der Waals surface area contributed by atoms with E-state index < -0.39 is 34.9 Å². The predicted molar refractivity (Wildman–Crippen MR) is 161 cm³/mol. The maximum Gasteiger partial charge on any atom is 0.249 e. The van der Waals surface area contributed by atoms with Gasteiger partial charge in [0.25, 0.3) is 0 Å². The van der Waals surface area contributed by atoms with Crippen molar-refractivity contribution in [1.29, 1.82) is 0 Å². The minimum absolute atomic E-state index is 0.0414. The molecule has 1 N–H and O–H groups in total. The van der Waals surface area contributed by atoms with Gasteiger partial charge in [0.2, 0.25) is 11.8 Å². The van der Waals surface area contributed by atoms with Gasteiger partial charge in [-0.2, -0.15) is 0 Å². The number of benzene rings is 1. The zero-order chi connectivity index (χ0) is 29.6. The summed E-state index contributed by atoms with van der Waals surface area (Å²) in [6.45, 7) is 23.0. The Labute approximate surface area is 238 Å². The first-order chi connectivity index (χ1) is 17.9. The van der Waals surface area contributed by atoms with Gasteiger partial charge in [-0.3, -0.25) is 9.59 Å². The molecule has 1 aromatic carbocycles. The normalized spacial score (nSPS) is 20.8. The van der Waals surface area contributed by atoms with E-state index in [1.165, 1.54) is 0 Å². The van der Waals surface area contributed by atoms with Crippen molar-refractivity contribution in [2.75, 3.05) is 33.5 Å². The molecule has 1 saturated heterocycles. The van der Waals surface area contributed by atoms with Crippen LogP contribution in [0.25, 0.3) is 0 Å². The van der Waals surface area contributed by atoms with Crippen LogP contribution in [0.15, 0.2) is 30.3 Å². The number of hydrogen-bond acceptors (Lipinski definition) is 6. The number of amides is 2. The Morgan fingerprint density at radius 3 is 2.03 bits per heavy atom. The fraction of sp³-hybridized carbons (Fsp3) is 0.724. The summed E-state index contributed by atoms with van der Waals surface area (Å²) >= 11 is 0. The zero-order valence-electron chi connectivity index (χ0n) is 26.1. The lowest BCUT2D eigenvalue weighted by Gasteiger charge is -2.43. The Hall–Kier alpha value is -1.57. The number of ether oxygens (including phenoxy) is 2. The van der Waals surface area contributed by atoms with Crippen molar-refractivity contribution < 1.29 is 27.9 Å². The Morgan fingerprint density at radius 2 is 1.49 bits per heavy atom. The van der Waals surface area contributed by atoms with E-state index in [9.17, 15) is 9.59 Å². The van der Waals surface area contributed by atoms with Gasteiger partial charge in [-0.05, 0) is 41.8 Å². The van der Waals surface area contributed by atoms with Gasteiger partial charge in [0.15, 0.2) is 16.6 Å². The molecule has 39 heavy (non-hydrogen) atoms. The maximum atomic E-state index is 13.9. The third-order valence-electron chi connectivity index (χ3n) is 8.44. The summed E-state index contributed by atoms with van der Waals surface area (Å²) < 4.78 is 24.5. The SMILES string of the molecule is COCCOCC(=O)N1C[C@H](O[Si](C)(C)C(C)(C)C)[C@@H](O[Si](C)(C)C(C)(C)C)C1C(=O)NCc1ccccc1. The summed E-state index contributed by atoms with van der Waals surface area (Å²) in [5, 5.41) is 2.94. The number of nitrogens with one attached hydrogen (secondary N) is 1. The Bertz CT molecular complexity index is 943. The molecular formula is C29H52N2O6Si2. The van der Waals surface area contributed by atoms with E-state index in [1.54, 1.807) is 12.0 Å². The van der Waals surface area contributed by atoms with Crippen LogP contribution in [0.1, 0.15) is 47.1 Å². The van der Waals surface area contributed by atoms with Crippen LogP contribution in [-0.4, -0.2) is 85.1 Å². The number of likely N-dealkylation sites (tertiary alicyclic amines) is 1. The van der Waals surface area contributed by atoms with Gasteiger partial charge in [0.1, 0.15) is 18.8 Å². The third kappa shape index (κ3) is 8.96. The second-order valence-electron chi connectivity index (χ2n) is 13.5. The number of carbonyl (C=O) groups is 2. The Kier molecular flexibility index (Phi) is 11.6. The van der Waals surface area contributed by atoms with Gasteiger partial charge >= 0.3 is 0 Å². The fourth-order valence-corrected chi connectivity index (χ4v) is 6.56. The van der Waals surface area contributed by atoms with Gasteiger partial charge < -0.3 is 28.5 Å². The second-order valence-corrected chi connectivity index (χ2v) is 23.0. The number of carbonyl (C=O) groups excluding carboxylic acids is 2. The summed E-state index contributed by atoms with van der Waals surface area (Å²) in [6.07, 6.45) is -1.01. The standard InChI is InChI=1S/C29H52N2O6Si2/c1-28(2,3)38(8,9)36-23-20-31(24(32)21-35-18-17-34-7)25(26(23)37-39(10,11)29(4,5)6)27(33)30-19-22-15-13-12-14-16-22/h12-16,23,25-26H,17-21H2,1-11H3,(H,30,33)/t23-,25?,26+/m0/s1. The van der Waals surface area contributed by atoms with E-state index in [1.807, 2.05) is 30.3 Å². The van der Waals surface area contributed by atoms with Gasteiger partial charge in [0, 0.05) is 20.2 Å². The Balaban J connectivity index is 2.46. The van der Waals surface area contributed by atoms with Crippen LogP contribution in [0.2, 0.25) is 36.3 Å². The van der Waals surface area contributed by atoms with Crippen LogP contribution < -0.4 is 5.32 Å². The number of methoxy groups -OCH3 is 1. The van der Waals surface area contributed by atoms with Crippen LogP contribution >= 0.6 is 0 Å². The predicted octanol–water partition coefficient (Wildman–Crippen LogP) is 4.96. The highest BCUT2D eigenvalue weighted by Crippen LogP contribution is 2.43. The summed E-state index contributed by atoms with van der Waals surface area (Å²) in [7, 11) is -3.00. The van der Waals surface area contributed by atoms with Crippen molar-refractivity contribution >= 4 is 28.4 Å². The average Bonchev–Trinajstić information content (AvgIpc) is 3.16. The molecule has 1 aliphatic heterocycles. The third-order valence-corrected chi connectivity index (χ3v) is 17.4. The summed E-state index contributed by atoms with van der Waals surface area (Å²) in [6, 6.07) is 8.94. The molecule has 3 atom stereocenters. The first-order valence-corrected chi connectivity index (χ1v) is 19.8. The molecule has 1 heterocycles. The highest BCUT2D eigenvalue weighted by atomic mass is 28.4. The number of nitrogens with zero attached hydrogens (tertiary/aromatic N) is 1. The van der Waals surface area contributed by atoms with Crippen LogP contribution in [0, 0.1) is 0 Å². The van der Waals surface area contributed by atoms with Crippen molar-refractivity contribution in [3.8, 4) is 0 Å². The lowest BCUT2D eigenvalue weighted by Crippen LogP contribution is -2.57. The summed E-state index contributed by atoms with van der Waals surface area (Å²) in [4.78, 5) is 29.0. The van der Waals surface area contributed by atoms with Crippen LogP contribution in [0.5, 0.6) is 0 Å². The Morgan fingerprint density at radius 1 is 0.923 bits per heavy atom. The molecule has 222 valence electrons. The van der Waals surface area contributed by atoms with Gasteiger partial charge in [-0.15, -0.1) is 0 Å². The smallest absolute Gasteiger partial charge is 0.249 e. The summed E-state index contributed by atoms with van der Waals surface area (Å²) in [5.74, 6) is -0.495. The lowest BCUT2D eigenvalue weighted by atomic mass is 10.1. The van der Waals surface area contributed by atoms with E-state index in [4.69, 9.17) is 18.3 Å². The van der Waals surface area contributed by atoms with Crippen LogP contribution in [0.4, 0.5) is 0 Å². The zero-order valence-corrected chi connectivity index (χ0v) is 28.1. The molecule has 1 unspecified atom stereocenters. The minimum atomic E-state index is -2.34. The van der Waals surface area contributed by atoms with Gasteiger partial charge in [0.05, 0.1) is 19.3 Å². The van der Waals surface area contributed by atoms with E-state index in [0.29, 0.717) is 19.8 Å². The first kappa shape index (κ1) is 33.6. The molecule has 0 radical (unpaired) electrons. The van der Waals surface area contributed by atoms with E-state index in [2.05, 4.69) is 73.0 Å². The highest BCUT2D eigenvalue weighted by molar-refractivity contribution is 6.74.